The Morgan fingerprint density at radius 1 is 1.19 bits per heavy atom. The van der Waals surface area contributed by atoms with Gasteiger partial charge < -0.3 is 15.4 Å². The van der Waals surface area contributed by atoms with E-state index in [9.17, 15) is 14.0 Å². The third-order valence-corrected chi connectivity index (χ3v) is 4.51. The minimum absolute atomic E-state index is 0.0766. The molecule has 27 heavy (non-hydrogen) atoms. The smallest absolute Gasteiger partial charge is 0.237 e. The van der Waals surface area contributed by atoms with E-state index in [1.54, 1.807) is 31.2 Å². The first-order valence-electron chi connectivity index (χ1n) is 8.05. The average Bonchev–Trinajstić information content (AvgIpc) is 2.66. The molecule has 0 aliphatic carbocycles. The van der Waals surface area contributed by atoms with E-state index >= 15 is 0 Å². The monoisotopic (exact) mass is 387 g/mol. The van der Waals surface area contributed by atoms with E-state index in [2.05, 4.69) is 10.6 Å². The summed E-state index contributed by atoms with van der Waals surface area (Å²) in [6.45, 7) is 1.62. The molecular weight excluding hydrogens is 369 g/mol. The van der Waals surface area contributed by atoms with Gasteiger partial charge in [-0.1, -0.05) is 6.07 Å². The standard InChI is InChI=1S/C19H18FN3O3S/c1-13(27-12-18(24)22-15-7-5-14(20)6-8-15)19(25)23-16-3-2-4-17(11-16)26-10-9-21/h2-8,11,13H,10,12H2,1H3,(H,22,24)(H,23,25). The van der Waals surface area contributed by atoms with Crippen LogP contribution in [-0.2, 0) is 9.59 Å². The molecule has 2 aromatic carbocycles. The highest BCUT2D eigenvalue weighted by molar-refractivity contribution is 8.01. The molecule has 0 radical (unpaired) electrons. The summed E-state index contributed by atoms with van der Waals surface area (Å²) in [7, 11) is 0. The summed E-state index contributed by atoms with van der Waals surface area (Å²) >= 11 is 1.18. The van der Waals surface area contributed by atoms with Crippen LogP contribution in [-0.4, -0.2) is 29.4 Å². The highest BCUT2D eigenvalue weighted by atomic mass is 32.2. The Bertz CT molecular complexity index is 837. The molecule has 0 aliphatic rings. The summed E-state index contributed by atoms with van der Waals surface area (Å²) in [5.41, 5.74) is 1.03. The van der Waals surface area contributed by atoms with Gasteiger partial charge in [0.25, 0.3) is 0 Å². The van der Waals surface area contributed by atoms with Crippen LogP contribution in [0.1, 0.15) is 6.92 Å². The van der Waals surface area contributed by atoms with Gasteiger partial charge in [-0.05, 0) is 43.3 Å². The Labute approximate surface area is 160 Å². The molecule has 1 unspecified atom stereocenters. The third-order valence-electron chi connectivity index (χ3n) is 3.37. The van der Waals surface area contributed by atoms with Gasteiger partial charge in [-0.2, -0.15) is 5.26 Å². The molecular formula is C19H18FN3O3S. The Morgan fingerprint density at radius 2 is 1.93 bits per heavy atom. The highest BCUT2D eigenvalue weighted by Gasteiger charge is 2.16. The summed E-state index contributed by atoms with van der Waals surface area (Å²) in [6, 6.07) is 14.0. The number of amides is 2. The van der Waals surface area contributed by atoms with Gasteiger partial charge in [0.2, 0.25) is 11.8 Å². The Balaban J connectivity index is 1.80. The number of hydrogen-bond acceptors (Lipinski definition) is 5. The molecule has 0 saturated heterocycles. The molecule has 0 saturated carbocycles. The third kappa shape index (κ3) is 6.99. The number of thioether (sulfide) groups is 1. The number of rotatable bonds is 8. The number of benzene rings is 2. The molecule has 0 fully saturated rings. The van der Waals surface area contributed by atoms with Crippen molar-refractivity contribution < 1.29 is 18.7 Å². The Morgan fingerprint density at radius 3 is 2.63 bits per heavy atom. The molecule has 0 aliphatic heterocycles. The first-order valence-corrected chi connectivity index (χ1v) is 9.10. The van der Waals surface area contributed by atoms with Crippen LogP contribution in [0, 0.1) is 17.1 Å². The van der Waals surface area contributed by atoms with Crippen LogP contribution >= 0.6 is 11.8 Å². The van der Waals surface area contributed by atoms with Crippen molar-refractivity contribution in [3.8, 4) is 11.8 Å². The van der Waals surface area contributed by atoms with Gasteiger partial charge in [0.15, 0.2) is 6.61 Å². The van der Waals surface area contributed by atoms with Gasteiger partial charge in [-0.15, -0.1) is 11.8 Å². The van der Waals surface area contributed by atoms with Crippen LogP contribution in [0.15, 0.2) is 48.5 Å². The Hall–Kier alpha value is -3.05. The van der Waals surface area contributed by atoms with Crippen molar-refractivity contribution in [1.82, 2.24) is 0 Å². The summed E-state index contributed by atoms with van der Waals surface area (Å²) in [4.78, 5) is 24.2. The van der Waals surface area contributed by atoms with Crippen LogP contribution in [0.2, 0.25) is 0 Å². The van der Waals surface area contributed by atoms with Crippen molar-refractivity contribution in [1.29, 1.82) is 5.26 Å². The molecule has 6 nitrogen and oxygen atoms in total. The van der Waals surface area contributed by atoms with Crippen LogP contribution in [0.5, 0.6) is 5.75 Å². The number of halogens is 1. The summed E-state index contributed by atoms with van der Waals surface area (Å²) in [5.74, 6) is -0.356. The van der Waals surface area contributed by atoms with Gasteiger partial charge in [0.05, 0.1) is 11.0 Å². The van der Waals surface area contributed by atoms with Crippen molar-refractivity contribution in [2.75, 3.05) is 23.0 Å². The zero-order valence-electron chi connectivity index (χ0n) is 14.6. The SMILES string of the molecule is CC(SCC(=O)Nc1ccc(F)cc1)C(=O)Nc1cccc(OCC#N)c1. The largest absolute Gasteiger partial charge is 0.479 e. The number of carbonyl (C=O) groups is 2. The van der Waals surface area contributed by atoms with Crippen molar-refractivity contribution in [3.05, 3.63) is 54.3 Å². The van der Waals surface area contributed by atoms with Gasteiger partial charge in [0, 0.05) is 17.4 Å². The predicted molar refractivity (Wildman–Crippen MR) is 103 cm³/mol. The van der Waals surface area contributed by atoms with Gasteiger partial charge in [-0.25, -0.2) is 4.39 Å². The molecule has 140 valence electrons. The van der Waals surface area contributed by atoms with Crippen molar-refractivity contribution in [2.24, 2.45) is 0 Å². The molecule has 0 aromatic heterocycles. The van der Waals surface area contributed by atoms with Crippen molar-refractivity contribution >= 4 is 35.0 Å². The summed E-state index contributed by atoms with van der Waals surface area (Å²) in [6.07, 6.45) is 0. The molecule has 1 atom stereocenters. The lowest BCUT2D eigenvalue weighted by Gasteiger charge is -2.13. The van der Waals surface area contributed by atoms with Crippen LogP contribution < -0.4 is 15.4 Å². The second kappa shape index (κ2) is 10.2. The maximum Gasteiger partial charge on any atom is 0.237 e. The molecule has 2 rings (SSSR count). The maximum absolute atomic E-state index is 12.8. The maximum atomic E-state index is 12.8. The average molecular weight is 387 g/mol. The predicted octanol–water partition coefficient (Wildman–Crippen LogP) is 3.43. The first kappa shape index (κ1) is 20.3. The fourth-order valence-electron chi connectivity index (χ4n) is 2.03. The molecule has 2 aromatic rings. The minimum atomic E-state index is -0.465. The van der Waals surface area contributed by atoms with E-state index in [1.165, 1.54) is 36.0 Å². The number of ether oxygens (including phenoxy) is 1. The van der Waals surface area contributed by atoms with Crippen molar-refractivity contribution in [3.63, 3.8) is 0 Å². The number of hydrogen-bond donors (Lipinski definition) is 2. The normalized spacial score (nSPS) is 11.1. The second-order valence-electron chi connectivity index (χ2n) is 5.47. The van der Waals surface area contributed by atoms with E-state index < -0.39 is 5.25 Å². The number of nitriles is 1. The lowest BCUT2D eigenvalue weighted by molar-refractivity contribution is -0.115. The van der Waals surface area contributed by atoms with Crippen LogP contribution in [0.3, 0.4) is 0 Å². The lowest BCUT2D eigenvalue weighted by atomic mass is 10.3. The number of carbonyl (C=O) groups excluding carboxylic acids is 2. The fraction of sp³-hybridized carbons (Fsp3) is 0.211. The number of nitrogens with one attached hydrogen (secondary N) is 2. The zero-order chi connectivity index (χ0) is 19.6. The van der Waals surface area contributed by atoms with Gasteiger partial charge >= 0.3 is 0 Å². The molecule has 0 spiro atoms. The van der Waals surface area contributed by atoms with Crippen LogP contribution in [0.4, 0.5) is 15.8 Å². The number of anilines is 2. The topological polar surface area (TPSA) is 91.2 Å². The lowest BCUT2D eigenvalue weighted by Crippen LogP contribution is -2.25. The highest BCUT2D eigenvalue weighted by Crippen LogP contribution is 2.19. The van der Waals surface area contributed by atoms with Gasteiger partial charge in [-0.3, -0.25) is 9.59 Å². The number of nitrogens with zero attached hydrogens (tertiary/aromatic N) is 1. The van der Waals surface area contributed by atoms with Gasteiger partial charge in [0.1, 0.15) is 17.6 Å². The zero-order valence-corrected chi connectivity index (χ0v) is 15.4. The Kier molecular flexibility index (Phi) is 7.64. The molecule has 0 heterocycles. The quantitative estimate of drug-likeness (QED) is 0.724. The molecule has 2 amide bonds. The van der Waals surface area contributed by atoms with E-state index in [-0.39, 0.29) is 30.0 Å². The van der Waals surface area contributed by atoms with E-state index in [0.717, 1.165) is 0 Å². The molecule has 2 N–H and O–H groups in total. The van der Waals surface area contributed by atoms with Crippen LogP contribution in [0.25, 0.3) is 0 Å². The fourth-order valence-corrected chi connectivity index (χ4v) is 2.71. The summed E-state index contributed by atoms with van der Waals surface area (Å²) in [5, 5.41) is 13.4. The van der Waals surface area contributed by atoms with E-state index in [1.807, 2.05) is 6.07 Å². The van der Waals surface area contributed by atoms with E-state index in [0.29, 0.717) is 17.1 Å². The minimum Gasteiger partial charge on any atom is -0.479 e. The van der Waals surface area contributed by atoms with E-state index in [4.69, 9.17) is 10.00 Å². The summed E-state index contributed by atoms with van der Waals surface area (Å²) < 4.78 is 18.0. The molecule has 0 bridgehead atoms. The first-order chi connectivity index (χ1) is 13.0. The molecule has 8 heteroatoms. The second-order valence-corrected chi connectivity index (χ2v) is 6.80. The van der Waals surface area contributed by atoms with Crippen molar-refractivity contribution in [2.45, 2.75) is 12.2 Å².